The van der Waals surface area contributed by atoms with Crippen molar-refractivity contribution in [2.24, 2.45) is 5.92 Å². The van der Waals surface area contributed by atoms with Crippen LogP contribution in [0.25, 0.3) is 0 Å². The minimum Gasteiger partial charge on any atom is -0.481 e. The number of hydrogen-bond acceptors (Lipinski definition) is 3. The largest absolute Gasteiger partial charge is 0.481 e. The second-order valence-electron chi connectivity index (χ2n) is 7.36. The van der Waals surface area contributed by atoms with E-state index in [1.807, 2.05) is 12.1 Å². The van der Waals surface area contributed by atoms with Crippen LogP contribution in [0, 0.1) is 5.92 Å². The van der Waals surface area contributed by atoms with Gasteiger partial charge in [-0.05, 0) is 36.8 Å². The molecule has 0 saturated carbocycles. The lowest BCUT2D eigenvalue weighted by Gasteiger charge is -2.32. The van der Waals surface area contributed by atoms with Gasteiger partial charge < -0.3 is 14.9 Å². The third-order valence-electron chi connectivity index (χ3n) is 5.12. The summed E-state index contributed by atoms with van der Waals surface area (Å²) in [6.45, 7) is 2.94. The van der Waals surface area contributed by atoms with E-state index in [9.17, 15) is 14.4 Å². The molecule has 148 valence electrons. The lowest BCUT2D eigenvalue weighted by Crippen LogP contribution is -2.47. The van der Waals surface area contributed by atoms with Crippen LogP contribution in [0.3, 0.4) is 0 Å². The highest BCUT2D eigenvalue weighted by atomic mass is 16.4. The van der Waals surface area contributed by atoms with Crippen LogP contribution in [-0.4, -0.2) is 59.4 Å². The van der Waals surface area contributed by atoms with Gasteiger partial charge in [0.2, 0.25) is 11.8 Å². The highest BCUT2D eigenvalue weighted by Gasteiger charge is 2.28. The number of piperidine rings is 1. The molecule has 1 aliphatic heterocycles. The predicted molar refractivity (Wildman–Crippen MR) is 103 cm³/mol. The Morgan fingerprint density at radius 3 is 2.48 bits per heavy atom. The molecule has 1 saturated heterocycles. The van der Waals surface area contributed by atoms with Crippen molar-refractivity contribution in [2.45, 2.75) is 45.4 Å². The Morgan fingerprint density at radius 1 is 1.19 bits per heavy atom. The van der Waals surface area contributed by atoms with Crippen molar-refractivity contribution in [1.82, 2.24) is 9.80 Å². The number of likely N-dealkylation sites (tertiary alicyclic amines) is 1. The Labute approximate surface area is 161 Å². The number of likely N-dealkylation sites (N-methyl/N-ethyl adjacent to an activating group) is 1. The number of carbonyl (C=O) groups is 3. The first-order valence-electron chi connectivity index (χ1n) is 9.73. The molecule has 0 aromatic heterocycles. The van der Waals surface area contributed by atoms with Crippen molar-refractivity contribution in [3.8, 4) is 0 Å². The molecular weight excluding hydrogens is 344 g/mol. The first kappa shape index (κ1) is 20.9. The number of carbonyl (C=O) groups excluding carboxylic acids is 2. The molecule has 0 radical (unpaired) electrons. The van der Waals surface area contributed by atoms with Crippen molar-refractivity contribution in [3.05, 3.63) is 35.4 Å². The van der Waals surface area contributed by atoms with E-state index >= 15 is 0 Å². The SMILES string of the molecule is CCCCc1ccc(CC(=O)N(C)CC(=O)N2CCCC(C(=O)O)C2)cc1. The van der Waals surface area contributed by atoms with E-state index in [1.54, 1.807) is 11.9 Å². The molecule has 1 aliphatic rings. The topological polar surface area (TPSA) is 77.9 Å². The fourth-order valence-electron chi connectivity index (χ4n) is 3.31. The second-order valence-corrected chi connectivity index (χ2v) is 7.36. The van der Waals surface area contributed by atoms with E-state index in [2.05, 4.69) is 19.1 Å². The summed E-state index contributed by atoms with van der Waals surface area (Å²) in [7, 11) is 1.62. The summed E-state index contributed by atoms with van der Waals surface area (Å²) in [4.78, 5) is 39.0. The average molecular weight is 374 g/mol. The fourth-order valence-corrected chi connectivity index (χ4v) is 3.31. The number of rotatable bonds is 8. The quantitative estimate of drug-likeness (QED) is 0.758. The Balaban J connectivity index is 1.84. The van der Waals surface area contributed by atoms with Gasteiger partial charge in [0.25, 0.3) is 0 Å². The van der Waals surface area contributed by atoms with E-state index in [4.69, 9.17) is 5.11 Å². The number of benzene rings is 1. The molecule has 2 rings (SSSR count). The molecule has 6 nitrogen and oxygen atoms in total. The van der Waals surface area contributed by atoms with Crippen LogP contribution in [-0.2, 0) is 27.2 Å². The third-order valence-corrected chi connectivity index (χ3v) is 5.12. The molecule has 0 bridgehead atoms. The number of hydrogen-bond donors (Lipinski definition) is 1. The highest BCUT2D eigenvalue weighted by Crippen LogP contribution is 2.17. The maximum Gasteiger partial charge on any atom is 0.308 e. The van der Waals surface area contributed by atoms with Gasteiger partial charge in [0.1, 0.15) is 0 Å². The average Bonchev–Trinajstić information content (AvgIpc) is 2.67. The normalized spacial score (nSPS) is 16.8. The van der Waals surface area contributed by atoms with Crippen LogP contribution in [0.2, 0.25) is 0 Å². The molecule has 0 aliphatic carbocycles. The van der Waals surface area contributed by atoms with Gasteiger partial charge in [-0.1, -0.05) is 37.6 Å². The molecule has 1 N–H and O–H groups in total. The van der Waals surface area contributed by atoms with Gasteiger partial charge in [-0.3, -0.25) is 14.4 Å². The maximum atomic E-state index is 12.4. The lowest BCUT2D eigenvalue weighted by atomic mass is 9.98. The smallest absolute Gasteiger partial charge is 0.308 e. The van der Waals surface area contributed by atoms with E-state index in [0.717, 1.165) is 24.8 Å². The van der Waals surface area contributed by atoms with E-state index in [0.29, 0.717) is 19.4 Å². The molecule has 1 heterocycles. The van der Waals surface area contributed by atoms with Crippen LogP contribution in [0.4, 0.5) is 0 Å². The zero-order chi connectivity index (χ0) is 19.8. The minimum absolute atomic E-state index is 0.0141. The number of amides is 2. The molecule has 1 atom stereocenters. The Kier molecular flexibility index (Phi) is 7.82. The van der Waals surface area contributed by atoms with Crippen LogP contribution >= 0.6 is 0 Å². The summed E-state index contributed by atoms with van der Waals surface area (Å²) in [6.07, 6.45) is 4.90. The van der Waals surface area contributed by atoms with Crippen molar-refractivity contribution in [1.29, 1.82) is 0 Å². The van der Waals surface area contributed by atoms with Gasteiger partial charge in [-0.15, -0.1) is 0 Å². The molecule has 6 heteroatoms. The van der Waals surface area contributed by atoms with Gasteiger partial charge in [0.15, 0.2) is 0 Å². The Bertz CT molecular complexity index is 657. The fraction of sp³-hybridized carbons (Fsp3) is 0.571. The molecule has 1 aromatic carbocycles. The number of aliphatic carboxylic acids is 1. The van der Waals surface area contributed by atoms with E-state index in [1.165, 1.54) is 10.5 Å². The standard InChI is InChI=1S/C21H30N2O4/c1-3-4-6-16-8-10-17(11-9-16)13-19(24)22(2)15-20(25)23-12-5-7-18(14-23)21(26)27/h8-11,18H,3-7,12-15H2,1-2H3,(H,26,27). The van der Waals surface area contributed by atoms with Crippen molar-refractivity contribution < 1.29 is 19.5 Å². The summed E-state index contributed by atoms with van der Waals surface area (Å²) in [5.74, 6) is -1.67. The Morgan fingerprint density at radius 2 is 1.85 bits per heavy atom. The zero-order valence-electron chi connectivity index (χ0n) is 16.3. The van der Waals surface area contributed by atoms with Crippen LogP contribution in [0.5, 0.6) is 0 Å². The number of carboxylic acid groups (broad SMARTS) is 1. The number of carboxylic acids is 1. The summed E-state index contributed by atoms with van der Waals surface area (Å²) in [5, 5.41) is 9.14. The number of aryl methyl sites for hydroxylation is 1. The molecule has 27 heavy (non-hydrogen) atoms. The Hall–Kier alpha value is -2.37. The molecule has 1 aromatic rings. The summed E-state index contributed by atoms with van der Waals surface area (Å²) < 4.78 is 0. The van der Waals surface area contributed by atoms with Gasteiger partial charge >= 0.3 is 5.97 Å². The second kappa shape index (κ2) is 10.1. The first-order chi connectivity index (χ1) is 12.9. The van der Waals surface area contributed by atoms with Gasteiger partial charge in [0.05, 0.1) is 18.9 Å². The van der Waals surface area contributed by atoms with Crippen molar-refractivity contribution in [2.75, 3.05) is 26.7 Å². The lowest BCUT2D eigenvalue weighted by molar-refractivity contribution is -0.147. The van der Waals surface area contributed by atoms with Gasteiger partial charge in [-0.25, -0.2) is 0 Å². The number of unbranched alkanes of at least 4 members (excludes halogenated alkanes) is 1. The predicted octanol–water partition coefficient (Wildman–Crippen LogP) is 2.35. The monoisotopic (exact) mass is 374 g/mol. The molecular formula is C21H30N2O4. The van der Waals surface area contributed by atoms with Crippen molar-refractivity contribution >= 4 is 17.8 Å². The minimum atomic E-state index is -0.862. The van der Waals surface area contributed by atoms with Crippen LogP contribution < -0.4 is 0 Å². The summed E-state index contributed by atoms with van der Waals surface area (Å²) in [6, 6.07) is 8.06. The van der Waals surface area contributed by atoms with E-state index < -0.39 is 11.9 Å². The maximum absolute atomic E-state index is 12.4. The molecule has 1 unspecified atom stereocenters. The molecule has 0 spiro atoms. The van der Waals surface area contributed by atoms with Gasteiger partial charge in [0, 0.05) is 20.1 Å². The first-order valence-corrected chi connectivity index (χ1v) is 9.73. The van der Waals surface area contributed by atoms with E-state index in [-0.39, 0.29) is 31.3 Å². The molecule has 1 fully saturated rings. The zero-order valence-corrected chi connectivity index (χ0v) is 16.3. The van der Waals surface area contributed by atoms with Crippen LogP contribution in [0.15, 0.2) is 24.3 Å². The van der Waals surface area contributed by atoms with Crippen molar-refractivity contribution in [3.63, 3.8) is 0 Å². The van der Waals surface area contributed by atoms with Gasteiger partial charge in [-0.2, -0.15) is 0 Å². The van der Waals surface area contributed by atoms with Crippen LogP contribution in [0.1, 0.15) is 43.7 Å². The number of nitrogens with zero attached hydrogens (tertiary/aromatic N) is 2. The third kappa shape index (κ3) is 6.38. The summed E-state index contributed by atoms with van der Waals surface area (Å²) >= 11 is 0. The highest BCUT2D eigenvalue weighted by molar-refractivity contribution is 5.86. The molecule has 2 amide bonds. The summed E-state index contributed by atoms with van der Waals surface area (Å²) in [5.41, 5.74) is 2.21.